The molecule has 0 bridgehead atoms. The first kappa shape index (κ1) is 11.7. The molecule has 17 heavy (non-hydrogen) atoms. The van der Waals surface area contributed by atoms with E-state index in [1.54, 1.807) is 18.2 Å². The van der Waals surface area contributed by atoms with Crippen LogP contribution in [0.25, 0.3) is 0 Å². The van der Waals surface area contributed by atoms with Gasteiger partial charge in [0, 0.05) is 5.56 Å². The van der Waals surface area contributed by atoms with E-state index < -0.39 is 0 Å². The van der Waals surface area contributed by atoms with E-state index in [9.17, 15) is 4.79 Å². The van der Waals surface area contributed by atoms with E-state index in [0.29, 0.717) is 23.6 Å². The molecule has 0 radical (unpaired) electrons. The normalized spacial score (nSPS) is 14.5. The maximum absolute atomic E-state index is 12.1. The molecule has 0 aromatic heterocycles. The second-order valence-electron chi connectivity index (χ2n) is 4.14. The molecular formula is C14H17NO2. The fourth-order valence-corrected chi connectivity index (χ4v) is 2.04. The van der Waals surface area contributed by atoms with Crippen LogP contribution >= 0.6 is 0 Å². The number of allylic oxidation sites excluding steroid dienone is 2. The zero-order valence-electron chi connectivity index (χ0n) is 10.0. The van der Waals surface area contributed by atoms with Crippen molar-refractivity contribution in [3.63, 3.8) is 0 Å². The Balaban J connectivity index is 2.22. The van der Waals surface area contributed by atoms with Crippen LogP contribution in [0.5, 0.6) is 5.75 Å². The van der Waals surface area contributed by atoms with E-state index in [1.807, 2.05) is 13.0 Å². The standard InChI is InChI=1S/C14H17NO2/c1-2-17-13-8-7-11(9-12(13)15)14(16)10-5-3-4-6-10/h5,7-9H,2-4,6,15H2,1H3. The molecule has 1 aromatic rings. The molecule has 2 N–H and O–H groups in total. The number of Topliss-reactive ketones (excluding diaryl/α,β-unsaturated/α-hetero) is 1. The fourth-order valence-electron chi connectivity index (χ4n) is 2.04. The molecule has 3 nitrogen and oxygen atoms in total. The Kier molecular flexibility index (Phi) is 3.47. The van der Waals surface area contributed by atoms with Gasteiger partial charge in [0.2, 0.25) is 0 Å². The summed E-state index contributed by atoms with van der Waals surface area (Å²) in [7, 11) is 0. The van der Waals surface area contributed by atoms with Gasteiger partial charge in [0.15, 0.2) is 5.78 Å². The van der Waals surface area contributed by atoms with Gasteiger partial charge in [0.05, 0.1) is 12.3 Å². The zero-order chi connectivity index (χ0) is 12.3. The van der Waals surface area contributed by atoms with E-state index in [4.69, 9.17) is 10.5 Å². The van der Waals surface area contributed by atoms with Crippen molar-refractivity contribution in [2.75, 3.05) is 12.3 Å². The lowest BCUT2D eigenvalue weighted by molar-refractivity contribution is 0.103. The molecule has 0 spiro atoms. The number of carbonyl (C=O) groups is 1. The molecule has 0 heterocycles. The molecular weight excluding hydrogens is 214 g/mol. The van der Waals surface area contributed by atoms with Crippen LogP contribution in [0.15, 0.2) is 29.8 Å². The van der Waals surface area contributed by atoms with E-state index in [1.165, 1.54) is 0 Å². The van der Waals surface area contributed by atoms with Crippen LogP contribution < -0.4 is 10.5 Å². The summed E-state index contributed by atoms with van der Waals surface area (Å²) in [6, 6.07) is 5.25. The number of hydrogen-bond donors (Lipinski definition) is 1. The molecule has 90 valence electrons. The number of benzene rings is 1. The third-order valence-electron chi connectivity index (χ3n) is 2.90. The highest BCUT2D eigenvalue weighted by Crippen LogP contribution is 2.26. The van der Waals surface area contributed by atoms with Gasteiger partial charge in [0.1, 0.15) is 5.75 Å². The summed E-state index contributed by atoms with van der Waals surface area (Å²) < 4.78 is 5.35. The number of anilines is 1. The molecule has 0 amide bonds. The van der Waals surface area contributed by atoms with E-state index in [2.05, 4.69) is 0 Å². The Morgan fingerprint density at radius 2 is 2.29 bits per heavy atom. The lowest BCUT2D eigenvalue weighted by Gasteiger charge is -2.08. The minimum atomic E-state index is 0.0947. The van der Waals surface area contributed by atoms with Crippen molar-refractivity contribution in [2.24, 2.45) is 0 Å². The van der Waals surface area contributed by atoms with Crippen LogP contribution in [-0.4, -0.2) is 12.4 Å². The SMILES string of the molecule is CCOc1ccc(C(=O)C2=CCCC2)cc1N. The fraction of sp³-hybridized carbons (Fsp3) is 0.357. The largest absolute Gasteiger partial charge is 0.492 e. The number of hydrogen-bond acceptors (Lipinski definition) is 3. The van der Waals surface area contributed by atoms with E-state index in [0.717, 1.165) is 24.8 Å². The predicted molar refractivity (Wildman–Crippen MR) is 68.3 cm³/mol. The predicted octanol–water partition coefficient (Wildman–Crippen LogP) is 2.96. The van der Waals surface area contributed by atoms with Crippen molar-refractivity contribution in [1.29, 1.82) is 0 Å². The van der Waals surface area contributed by atoms with Gasteiger partial charge < -0.3 is 10.5 Å². The van der Waals surface area contributed by atoms with Gasteiger partial charge >= 0.3 is 0 Å². The maximum Gasteiger partial charge on any atom is 0.188 e. The molecule has 1 aliphatic carbocycles. The van der Waals surface area contributed by atoms with Crippen molar-refractivity contribution >= 4 is 11.5 Å². The van der Waals surface area contributed by atoms with E-state index in [-0.39, 0.29) is 5.78 Å². The molecule has 0 fully saturated rings. The first-order valence-electron chi connectivity index (χ1n) is 5.98. The number of ether oxygens (including phenoxy) is 1. The summed E-state index contributed by atoms with van der Waals surface area (Å²) in [5.74, 6) is 0.738. The van der Waals surface area contributed by atoms with Crippen LogP contribution in [0.4, 0.5) is 5.69 Å². The lowest BCUT2D eigenvalue weighted by Crippen LogP contribution is -2.04. The second kappa shape index (κ2) is 5.04. The van der Waals surface area contributed by atoms with Crippen molar-refractivity contribution in [2.45, 2.75) is 26.2 Å². The van der Waals surface area contributed by atoms with Crippen molar-refractivity contribution in [3.8, 4) is 5.75 Å². The third kappa shape index (κ3) is 2.49. The van der Waals surface area contributed by atoms with Gasteiger partial charge in [-0.05, 0) is 50.0 Å². The number of nitrogen functional groups attached to an aromatic ring is 1. The van der Waals surface area contributed by atoms with Gasteiger partial charge in [-0.3, -0.25) is 4.79 Å². The summed E-state index contributed by atoms with van der Waals surface area (Å²) in [6.07, 6.45) is 4.99. The lowest BCUT2D eigenvalue weighted by atomic mass is 10.0. The highest BCUT2D eigenvalue weighted by molar-refractivity contribution is 6.09. The van der Waals surface area contributed by atoms with Gasteiger partial charge in [-0.15, -0.1) is 0 Å². The minimum Gasteiger partial charge on any atom is -0.492 e. The highest BCUT2D eigenvalue weighted by atomic mass is 16.5. The van der Waals surface area contributed by atoms with Gasteiger partial charge in [0.25, 0.3) is 0 Å². The molecule has 1 aromatic carbocycles. The van der Waals surface area contributed by atoms with E-state index >= 15 is 0 Å². The molecule has 0 saturated heterocycles. The number of nitrogens with two attached hydrogens (primary N) is 1. The van der Waals surface area contributed by atoms with Crippen LogP contribution in [-0.2, 0) is 0 Å². The van der Waals surface area contributed by atoms with Crippen LogP contribution in [0.1, 0.15) is 36.5 Å². The molecule has 0 unspecified atom stereocenters. The first-order valence-corrected chi connectivity index (χ1v) is 5.98. The second-order valence-corrected chi connectivity index (χ2v) is 4.14. The molecule has 0 saturated carbocycles. The van der Waals surface area contributed by atoms with Gasteiger partial charge in [-0.1, -0.05) is 6.08 Å². The molecule has 1 aliphatic rings. The Bertz CT molecular complexity index is 463. The van der Waals surface area contributed by atoms with Gasteiger partial charge in [-0.2, -0.15) is 0 Å². The average Bonchev–Trinajstić information content (AvgIpc) is 2.84. The van der Waals surface area contributed by atoms with Crippen LogP contribution in [0.3, 0.4) is 0 Å². The highest BCUT2D eigenvalue weighted by Gasteiger charge is 2.16. The molecule has 3 heteroatoms. The molecule has 0 atom stereocenters. The summed E-state index contributed by atoms with van der Waals surface area (Å²) in [4.78, 5) is 12.1. The van der Waals surface area contributed by atoms with Gasteiger partial charge in [-0.25, -0.2) is 0 Å². The topological polar surface area (TPSA) is 52.3 Å². The molecule has 2 rings (SSSR count). The van der Waals surface area contributed by atoms with Crippen LogP contribution in [0, 0.1) is 0 Å². The Morgan fingerprint density at radius 3 is 2.88 bits per heavy atom. The zero-order valence-corrected chi connectivity index (χ0v) is 10.0. The summed E-state index contributed by atoms with van der Waals surface area (Å²) in [6.45, 7) is 2.48. The Hall–Kier alpha value is -1.77. The Labute approximate surface area is 101 Å². The maximum atomic E-state index is 12.1. The monoisotopic (exact) mass is 231 g/mol. The molecule has 0 aliphatic heterocycles. The van der Waals surface area contributed by atoms with Crippen molar-refractivity contribution in [3.05, 3.63) is 35.4 Å². The smallest absolute Gasteiger partial charge is 0.188 e. The number of ketones is 1. The Morgan fingerprint density at radius 1 is 1.47 bits per heavy atom. The summed E-state index contributed by atoms with van der Waals surface area (Å²) in [5, 5.41) is 0. The summed E-state index contributed by atoms with van der Waals surface area (Å²) in [5.41, 5.74) is 7.93. The quantitative estimate of drug-likeness (QED) is 0.640. The van der Waals surface area contributed by atoms with Crippen LogP contribution in [0.2, 0.25) is 0 Å². The minimum absolute atomic E-state index is 0.0947. The summed E-state index contributed by atoms with van der Waals surface area (Å²) >= 11 is 0. The first-order chi connectivity index (χ1) is 8.22. The van der Waals surface area contributed by atoms with Crippen molar-refractivity contribution in [1.82, 2.24) is 0 Å². The van der Waals surface area contributed by atoms with Crippen molar-refractivity contribution < 1.29 is 9.53 Å². The third-order valence-corrected chi connectivity index (χ3v) is 2.90. The average molecular weight is 231 g/mol. The number of rotatable bonds is 4. The number of carbonyl (C=O) groups excluding carboxylic acids is 1.